The van der Waals surface area contributed by atoms with Crippen LogP contribution in [0.5, 0.6) is 0 Å². The number of amides is 1. The highest BCUT2D eigenvalue weighted by Gasteiger charge is 2.15. The highest BCUT2D eigenvalue weighted by molar-refractivity contribution is 5.92. The first kappa shape index (κ1) is 15.7. The normalized spacial score (nSPS) is 13.2. The van der Waals surface area contributed by atoms with Crippen LogP contribution in [-0.4, -0.2) is 19.0 Å². The third-order valence-electron chi connectivity index (χ3n) is 3.31. The Balaban J connectivity index is 2.72. The SMILES string of the molecule is CC(N)CCC(=O)N(C)c1ccc(C(C)(C)C)cc1. The predicted molar refractivity (Wildman–Crippen MR) is 81.4 cm³/mol. The van der Waals surface area contributed by atoms with Crippen molar-refractivity contribution >= 4 is 11.6 Å². The van der Waals surface area contributed by atoms with Gasteiger partial charge < -0.3 is 10.6 Å². The summed E-state index contributed by atoms with van der Waals surface area (Å²) in [6.45, 7) is 8.46. The summed E-state index contributed by atoms with van der Waals surface area (Å²) < 4.78 is 0. The molecular formula is C16H26N2O. The molecule has 0 heterocycles. The van der Waals surface area contributed by atoms with Gasteiger partial charge >= 0.3 is 0 Å². The van der Waals surface area contributed by atoms with E-state index in [9.17, 15) is 4.79 Å². The maximum absolute atomic E-state index is 12.0. The summed E-state index contributed by atoms with van der Waals surface area (Å²) in [5.41, 5.74) is 8.02. The van der Waals surface area contributed by atoms with Gasteiger partial charge in [0.15, 0.2) is 0 Å². The van der Waals surface area contributed by atoms with Gasteiger partial charge in [-0.15, -0.1) is 0 Å². The van der Waals surface area contributed by atoms with Gasteiger partial charge in [-0.1, -0.05) is 32.9 Å². The van der Waals surface area contributed by atoms with Gasteiger partial charge in [0.05, 0.1) is 0 Å². The molecule has 106 valence electrons. The Morgan fingerprint density at radius 3 is 2.21 bits per heavy atom. The summed E-state index contributed by atoms with van der Waals surface area (Å²) in [4.78, 5) is 13.7. The molecule has 2 N–H and O–H groups in total. The first-order valence-electron chi connectivity index (χ1n) is 6.84. The van der Waals surface area contributed by atoms with Crippen molar-refractivity contribution in [1.29, 1.82) is 0 Å². The molecule has 0 aliphatic carbocycles. The van der Waals surface area contributed by atoms with E-state index >= 15 is 0 Å². The second kappa shape index (κ2) is 6.20. The van der Waals surface area contributed by atoms with Gasteiger partial charge in [-0.2, -0.15) is 0 Å². The van der Waals surface area contributed by atoms with Crippen LogP contribution in [0.25, 0.3) is 0 Å². The van der Waals surface area contributed by atoms with Crippen LogP contribution < -0.4 is 10.6 Å². The molecule has 0 fully saturated rings. The second-order valence-electron chi connectivity index (χ2n) is 6.27. The molecule has 0 saturated heterocycles. The van der Waals surface area contributed by atoms with Gasteiger partial charge in [-0.3, -0.25) is 4.79 Å². The Hall–Kier alpha value is -1.35. The maximum Gasteiger partial charge on any atom is 0.226 e. The third-order valence-corrected chi connectivity index (χ3v) is 3.31. The van der Waals surface area contributed by atoms with Crippen molar-refractivity contribution in [3.8, 4) is 0 Å². The van der Waals surface area contributed by atoms with Crippen molar-refractivity contribution in [2.75, 3.05) is 11.9 Å². The van der Waals surface area contributed by atoms with Crippen LogP contribution in [0.2, 0.25) is 0 Å². The van der Waals surface area contributed by atoms with Crippen LogP contribution in [0.15, 0.2) is 24.3 Å². The topological polar surface area (TPSA) is 46.3 Å². The molecule has 0 aromatic heterocycles. The highest BCUT2D eigenvalue weighted by atomic mass is 16.2. The number of carbonyl (C=O) groups is 1. The number of carbonyl (C=O) groups excluding carboxylic acids is 1. The molecule has 1 unspecified atom stereocenters. The molecule has 3 nitrogen and oxygen atoms in total. The predicted octanol–water partition coefficient (Wildman–Crippen LogP) is 3.07. The largest absolute Gasteiger partial charge is 0.328 e. The van der Waals surface area contributed by atoms with Crippen LogP contribution in [0, 0.1) is 0 Å². The number of benzene rings is 1. The molecule has 0 saturated carbocycles. The summed E-state index contributed by atoms with van der Waals surface area (Å²) >= 11 is 0. The van der Waals surface area contributed by atoms with Gasteiger partial charge in [0.1, 0.15) is 0 Å². The summed E-state index contributed by atoms with van der Waals surface area (Å²) in [6.07, 6.45) is 1.22. The smallest absolute Gasteiger partial charge is 0.226 e. The van der Waals surface area contributed by atoms with Crippen molar-refractivity contribution < 1.29 is 4.79 Å². The number of nitrogens with two attached hydrogens (primary N) is 1. The van der Waals surface area contributed by atoms with E-state index < -0.39 is 0 Å². The Bertz CT molecular complexity index is 415. The first-order valence-corrected chi connectivity index (χ1v) is 6.84. The van der Waals surface area contributed by atoms with E-state index in [2.05, 4.69) is 32.9 Å². The Kier molecular flexibility index (Phi) is 5.12. The first-order chi connectivity index (χ1) is 8.71. The molecule has 1 atom stereocenters. The zero-order valence-electron chi connectivity index (χ0n) is 12.7. The molecule has 0 aliphatic heterocycles. The summed E-state index contributed by atoms with van der Waals surface area (Å²) in [6, 6.07) is 8.25. The highest BCUT2D eigenvalue weighted by Crippen LogP contribution is 2.24. The molecule has 1 aromatic carbocycles. The van der Waals surface area contributed by atoms with Crippen LogP contribution in [0.1, 0.15) is 46.1 Å². The molecule has 0 bridgehead atoms. The lowest BCUT2D eigenvalue weighted by Crippen LogP contribution is -2.28. The Morgan fingerprint density at radius 1 is 1.26 bits per heavy atom. The third kappa shape index (κ3) is 4.67. The number of anilines is 1. The van der Waals surface area contributed by atoms with Gasteiger partial charge in [0, 0.05) is 25.2 Å². The van der Waals surface area contributed by atoms with Crippen LogP contribution >= 0.6 is 0 Å². The van der Waals surface area contributed by atoms with Crippen LogP contribution in [-0.2, 0) is 10.2 Å². The minimum atomic E-state index is 0.0700. The number of hydrogen-bond donors (Lipinski definition) is 1. The lowest BCUT2D eigenvalue weighted by Gasteiger charge is -2.22. The van der Waals surface area contributed by atoms with E-state index in [1.54, 1.807) is 4.90 Å². The van der Waals surface area contributed by atoms with Gasteiger partial charge in [-0.05, 0) is 36.5 Å². The summed E-state index contributed by atoms with van der Waals surface area (Å²) in [7, 11) is 1.82. The van der Waals surface area contributed by atoms with E-state index in [1.165, 1.54) is 5.56 Å². The number of nitrogens with zero attached hydrogens (tertiary/aromatic N) is 1. The summed E-state index contributed by atoms with van der Waals surface area (Å²) in [5.74, 6) is 0.112. The lowest BCUT2D eigenvalue weighted by atomic mass is 9.87. The molecule has 0 radical (unpaired) electrons. The number of rotatable bonds is 4. The molecule has 0 aliphatic rings. The van der Waals surface area contributed by atoms with Crippen LogP contribution in [0.4, 0.5) is 5.69 Å². The molecule has 1 amide bonds. The van der Waals surface area contributed by atoms with E-state index in [0.717, 1.165) is 12.1 Å². The second-order valence-corrected chi connectivity index (χ2v) is 6.27. The van der Waals surface area contributed by atoms with Gasteiger partial charge in [0.2, 0.25) is 5.91 Å². The molecular weight excluding hydrogens is 236 g/mol. The molecule has 1 aromatic rings. The van der Waals surface area contributed by atoms with Crippen LogP contribution in [0.3, 0.4) is 0 Å². The Labute approximate surface area is 116 Å². The standard InChI is InChI=1S/C16H26N2O/c1-12(17)6-11-15(19)18(5)14-9-7-13(8-10-14)16(2,3)4/h7-10,12H,6,11,17H2,1-5H3. The van der Waals surface area contributed by atoms with E-state index in [4.69, 9.17) is 5.73 Å². The quantitative estimate of drug-likeness (QED) is 0.906. The Morgan fingerprint density at radius 2 is 1.79 bits per heavy atom. The fraction of sp³-hybridized carbons (Fsp3) is 0.562. The van der Waals surface area contributed by atoms with Gasteiger partial charge in [0.25, 0.3) is 0 Å². The lowest BCUT2D eigenvalue weighted by molar-refractivity contribution is -0.118. The maximum atomic E-state index is 12.0. The minimum absolute atomic E-state index is 0.0700. The zero-order chi connectivity index (χ0) is 14.6. The average molecular weight is 262 g/mol. The van der Waals surface area contributed by atoms with Crippen molar-refractivity contribution in [1.82, 2.24) is 0 Å². The molecule has 1 rings (SSSR count). The monoisotopic (exact) mass is 262 g/mol. The fourth-order valence-electron chi connectivity index (χ4n) is 1.85. The molecule has 3 heteroatoms. The number of hydrogen-bond acceptors (Lipinski definition) is 2. The molecule has 0 spiro atoms. The van der Waals surface area contributed by atoms with Crippen molar-refractivity contribution in [2.45, 2.75) is 52.0 Å². The average Bonchev–Trinajstić information content (AvgIpc) is 2.34. The van der Waals surface area contributed by atoms with Crippen molar-refractivity contribution in [3.63, 3.8) is 0 Å². The minimum Gasteiger partial charge on any atom is -0.328 e. The van der Waals surface area contributed by atoms with Crippen molar-refractivity contribution in [2.24, 2.45) is 5.73 Å². The zero-order valence-corrected chi connectivity index (χ0v) is 12.7. The van der Waals surface area contributed by atoms with E-state index in [1.807, 2.05) is 26.1 Å². The van der Waals surface area contributed by atoms with Crippen molar-refractivity contribution in [3.05, 3.63) is 29.8 Å². The van der Waals surface area contributed by atoms with Gasteiger partial charge in [-0.25, -0.2) is 0 Å². The van der Waals surface area contributed by atoms with E-state index in [-0.39, 0.29) is 17.4 Å². The fourth-order valence-corrected chi connectivity index (χ4v) is 1.85. The summed E-state index contributed by atoms with van der Waals surface area (Å²) in [5, 5.41) is 0. The van der Waals surface area contributed by atoms with E-state index in [0.29, 0.717) is 6.42 Å². The molecule has 19 heavy (non-hydrogen) atoms.